The van der Waals surface area contributed by atoms with Crippen molar-refractivity contribution in [1.82, 2.24) is 0 Å². The Bertz CT molecular complexity index is 170. The van der Waals surface area contributed by atoms with Crippen LogP contribution in [-0.2, 0) is 0 Å². The quantitative estimate of drug-likeness (QED) is 0.607. The topological polar surface area (TPSA) is 20.2 Å². The first kappa shape index (κ1) is 10.5. The molecule has 1 unspecified atom stereocenters. The zero-order chi connectivity index (χ0) is 9.36. The molecule has 1 aliphatic rings. The maximum atomic E-state index is 9.47. The molecule has 1 rings (SSSR count). The summed E-state index contributed by atoms with van der Waals surface area (Å²) in [5, 5.41) is 9.47. The van der Waals surface area contributed by atoms with Crippen LogP contribution in [0, 0.1) is 0 Å². The van der Waals surface area contributed by atoms with Gasteiger partial charge < -0.3 is 5.11 Å². The third-order valence-electron chi connectivity index (χ3n) is 2.45. The highest BCUT2D eigenvalue weighted by molar-refractivity contribution is 5.04. The van der Waals surface area contributed by atoms with Gasteiger partial charge in [-0.2, -0.15) is 0 Å². The number of rotatable bonds is 0. The van der Waals surface area contributed by atoms with Gasteiger partial charge in [0, 0.05) is 0 Å². The van der Waals surface area contributed by atoms with E-state index in [2.05, 4.69) is 6.08 Å². The van der Waals surface area contributed by atoms with Crippen LogP contribution in [0.3, 0.4) is 0 Å². The van der Waals surface area contributed by atoms with E-state index in [9.17, 15) is 5.11 Å². The van der Waals surface area contributed by atoms with Gasteiger partial charge in [0.2, 0.25) is 0 Å². The second-order valence-corrected chi connectivity index (χ2v) is 3.73. The second kappa shape index (κ2) is 6.90. The summed E-state index contributed by atoms with van der Waals surface area (Å²) in [7, 11) is 0. The fourth-order valence-electron chi connectivity index (χ4n) is 1.61. The molecule has 13 heavy (non-hydrogen) atoms. The second-order valence-electron chi connectivity index (χ2n) is 3.73. The van der Waals surface area contributed by atoms with E-state index < -0.39 is 0 Å². The van der Waals surface area contributed by atoms with E-state index in [0.29, 0.717) is 0 Å². The summed E-state index contributed by atoms with van der Waals surface area (Å²) >= 11 is 0. The molecule has 1 nitrogen and oxygen atoms in total. The Labute approximate surface area is 81.2 Å². The maximum absolute atomic E-state index is 9.47. The lowest BCUT2D eigenvalue weighted by Gasteiger charge is -2.05. The number of aliphatic hydroxyl groups excluding tert-OH is 1. The van der Waals surface area contributed by atoms with Gasteiger partial charge in [-0.1, -0.05) is 50.0 Å². The minimum atomic E-state index is -0.232. The molecule has 0 saturated heterocycles. The summed E-state index contributed by atoms with van der Waals surface area (Å²) in [6.07, 6.45) is 16.4. The van der Waals surface area contributed by atoms with Gasteiger partial charge in [0.25, 0.3) is 0 Å². The lowest BCUT2D eigenvalue weighted by Crippen LogP contribution is -2.01. The van der Waals surface area contributed by atoms with Crippen molar-refractivity contribution < 1.29 is 5.11 Å². The number of hydrogen-bond acceptors (Lipinski definition) is 1. The van der Waals surface area contributed by atoms with E-state index in [4.69, 9.17) is 0 Å². The van der Waals surface area contributed by atoms with Crippen molar-refractivity contribution in [2.24, 2.45) is 0 Å². The largest absolute Gasteiger partial charge is 0.389 e. The van der Waals surface area contributed by atoms with Crippen molar-refractivity contribution in [3.63, 3.8) is 0 Å². The highest BCUT2D eigenvalue weighted by Gasteiger charge is 1.98. The molecule has 1 atom stereocenters. The van der Waals surface area contributed by atoms with Gasteiger partial charge in [-0.25, -0.2) is 0 Å². The maximum Gasteiger partial charge on any atom is 0.0723 e. The third-order valence-corrected chi connectivity index (χ3v) is 2.45. The van der Waals surface area contributed by atoms with Gasteiger partial charge in [-0.3, -0.25) is 0 Å². The molecular formula is C12H20O. The van der Waals surface area contributed by atoms with Crippen LogP contribution in [-0.4, -0.2) is 11.2 Å². The lowest BCUT2D eigenvalue weighted by atomic mass is 10.1. The van der Waals surface area contributed by atoms with E-state index in [-0.39, 0.29) is 6.10 Å². The van der Waals surface area contributed by atoms with Crippen LogP contribution >= 0.6 is 0 Å². The van der Waals surface area contributed by atoms with Crippen molar-refractivity contribution in [2.45, 2.75) is 51.0 Å². The van der Waals surface area contributed by atoms with Gasteiger partial charge in [0.15, 0.2) is 0 Å². The molecule has 0 aromatic carbocycles. The highest BCUT2D eigenvalue weighted by Crippen LogP contribution is 2.10. The predicted molar refractivity (Wildman–Crippen MR) is 56.6 cm³/mol. The van der Waals surface area contributed by atoms with Crippen LogP contribution in [0.25, 0.3) is 0 Å². The standard InChI is InChI=1S/C12H20O/c13-12-10-8-6-4-2-1-3-5-7-9-11-12/h4,6,8,10,12-13H,1-3,5,7,9,11H2. The lowest BCUT2D eigenvalue weighted by molar-refractivity contribution is 0.208. The Morgan fingerprint density at radius 2 is 1.69 bits per heavy atom. The summed E-state index contributed by atoms with van der Waals surface area (Å²) in [5.74, 6) is 0. The Morgan fingerprint density at radius 1 is 0.923 bits per heavy atom. The number of allylic oxidation sites excluding steroid dienone is 3. The summed E-state index contributed by atoms with van der Waals surface area (Å²) < 4.78 is 0. The van der Waals surface area contributed by atoms with Crippen LogP contribution in [0.5, 0.6) is 0 Å². The molecule has 1 heteroatoms. The number of hydrogen-bond donors (Lipinski definition) is 1. The van der Waals surface area contributed by atoms with Gasteiger partial charge in [0.1, 0.15) is 0 Å². The van der Waals surface area contributed by atoms with E-state index in [1.807, 2.05) is 18.2 Å². The molecule has 0 fully saturated rings. The van der Waals surface area contributed by atoms with E-state index in [0.717, 1.165) is 12.8 Å². The normalized spacial score (nSPS) is 26.4. The SMILES string of the molecule is OC1C=CC=CCCCCCCC1. The van der Waals surface area contributed by atoms with Crippen LogP contribution in [0.1, 0.15) is 44.9 Å². The molecule has 0 spiro atoms. The van der Waals surface area contributed by atoms with Crippen LogP contribution in [0.2, 0.25) is 0 Å². The molecule has 0 aromatic rings. The van der Waals surface area contributed by atoms with Gasteiger partial charge in [0.05, 0.1) is 6.10 Å². The molecule has 1 aliphatic carbocycles. The third kappa shape index (κ3) is 5.64. The fraction of sp³-hybridized carbons (Fsp3) is 0.667. The molecule has 0 radical (unpaired) electrons. The smallest absolute Gasteiger partial charge is 0.0723 e. The van der Waals surface area contributed by atoms with Crippen LogP contribution < -0.4 is 0 Å². The average molecular weight is 180 g/mol. The summed E-state index contributed by atoms with van der Waals surface area (Å²) in [5.41, 5.74) is 0. The molecule has 0 saturated carbocycles. The molecule has 0 aliphatic heterocycles. The predicted octanol–water partition coefficient (Wildman–Crippen LogP) is 3.20. The van der Waals surface area contributed by atoms with Crippen molar-refractivity contribution in [2.75, 3.05) is 0 Å². The zero-order valence-corrected chi connectivity index (χ0v) is 8.28. The first-order valence-corrected chi connectivity index (χ1v) is 5.41. The van der Waals surface area contributed by atoms with Crippen molar-refractivity contribution >= 4 is 0 Å². The van der Waals surface area contributed by atoms with Gasteiger partial charge in [-0.15, -0.1) is 0 Å². The Kier molecular flexibility index (Phi) is 5.59. The Morgan fingerprint density at radius 3 is 2.62 bits per heavy atom. The Balaban J connectivity index is 2.33. The highest BCUT2D eigenvalue weighted by atomic mass is 16.3. The monoisotopic (exact) mass is 180 g/mol. The zero-order valence-electron chi connectivity index (χ0n) is 8.28. The average Bonchev–Trinajstić information content (AvgIpc) is 2.11. The minimum absolute atomic E-state index is 0.232. The summed E-state index contributed by atoms with van der Waals surface area (Å²) in [4.78, 5) is 0. The molecule has 1 N–H and O–H groups in total. The molecule has 0 bridgehead atoms. The number of aliphatic hydroxyl groups is 1. The van der Waals surface area contributed by atoms with Gasteiger partial charge in [-0.05, 0) is 19.3 Å². The molecule has 0 heterocycles. The summed E-state index contributed by atoms with van der Waals surface area (Å²) in [6, 6.07) is 0. The van der Waals surface area contributed by atoms with Crippen LogP contribution in [0.4, 0.5) is 0 Å². The van der Waals surface area contributed by atoms with Crippen LogP contribution in [0.15, 0.2) is 24.3 Å². The minimum Gasteiger partial charge on any atom is -0.389 e. The van der Waals surface area contributed by atoms with Crippen molar-refractivity contribution in [3.8, 4) is 0 Å². The van der Waals surface area contributed by atoms with E-state index >= 15 is 0 Å². The Hall–Kier alpha value is -0.560. The molecule has 74 valence electrons. The van der Waals surface area contributed by atoms with E-state index in [1.54, 1.807) is 0 Å². The first-order chi connectivity index (χ1) is 6.39. The fourth-order valence-corrected chi connectivity index (χ4v) is 1.61. The molecule has 0 aromatic heterocycles. The molecule has 0 amide bonds. The van der Waals surface area contributed by atoms with Gasteiger partial charge >= 0.3 is 0 Å². The van der Waals surface area contributed by atoms with Crippen molar-refractivity contribution in [1.29, 1.82) is 0 Å². The molecular weight excluding hydrogens is 160 g/mol. The first-order valence-electron chi connectivity index (χ1n) is 5.41. The van der Waals surface area contributed by atoms with Crippen molar-refractivity contribution in [3.05, 3.63) is 24.3 Å². The summed E-state index contributed by atoms with van der Waals surface area (Å²) in [6.45, 7) is 0. The van der Waals surface area contributed by atoms with E-state index in [1.165, 1.54) is 32.1 Å².